The lowest BCUT2D eigenvalue weighted by Gasteiger charge is -2.22. The normalized spacial score (nSPS) is 11.8. The van der Waals surface area contributed by atoms with Crippen molar-refractivity contribution in [3.63, 3.8) is 0 Å². The predicted octanol–water partition coefficient (Wildman–Crippen LogP) is 6.29. The minimum Gasteiger partial charge on any atom is -0.444 e. The van der Waals surface area contributed by atoms with Gasteiger partial charge in [0.2, 0.25) is 10.0 Å². The minimum absolute atomic E-state index is 0.0620. The highest BCUT2D eigenvalue weighted by atomic mass is 35.5. The van der Waals surface area contributed by atoms with Gasteiger partial charge in [-0.3, -0.25) is 9.52 Å². The molecular weight excluding hydrogens is 619 g/mol. The van der Waals surface area contributed by atoms with E-state index in [2.05, 4.69) is 19.2 Å². The molecule has 0 atom stereocenters. The van der Waals surface area contributed by atoms with Crippen LogP contribution in [0.15, 0.2) is 48.5 Å². The Kier molecular flexibility index (Phi) is 11.7. The molecule has 0 unspecified atom stereocenters. The van der Waals surface area contributed by atoms with Crippen molar-refractivity contribution in [2.24, 2.45) is 5.92 Å². The van der Waals surface area contributed by atoms with E-state index in [9.17, 15) is 18.0 Å². The molecule has 228 valence electrons. The van der Waals surface area contributed by atoms with Gasteiger partial charge in [0.15, 0.2) is 5.13 Å². The van der Waals surface area contributed by atoms with Gasteiger partial charge in [0, 0.05) is 23.5 Å². The molecule has 13 heteroatoms. The fraction of sp³-hybridized carbons (Fsp3) is 0.414. The van der Waals surface area contributed by atoms with E-state index in [1.165, 1.54) is 11.3 Å². The standard InChI is InChI=1S/C29H36Cl2N4O5S2/c1-19(2)15-24-26(21-11-12-22(30)23(31)16-21)33-27(41-24)35(18-20-9-7-6-8-10-20)13-14-42(38,39)34-25(36)17-32-28(37)40-29(3,4)5/h6-12,16,19H,13-15,17-18H2,1-5H3,(H,32,37)(H,34,36). The van der Waals surface area contributed by atoms with Gasteiger partial charge in [-0.2, -0.15) is 0 Å². The van der Waals surface area contributed by atoms with E-state index in [-0.39, 0.29) is 12.3 Å². The van der Waals surface area contributed by atoms with Gasteiger partial charge in [0.25, 0.3) is 5.91 Å². The Morgan fingerprint density at radius 1 is 1.07 bits per heavy atom. The van der Waals surface area contributed by atoms with E-state index in [1.54, 1.807) is 32.9 Å². The van der Waals surface area contributed by atoms with E-state index in [4.69, 9.17) is 32.9 Å². The average Bonchev–Trinajstić information content (AvgIpc) is 3.29. The monoisotopic (exact) mass is 654 g/mol. The van der Waals surface area contributed by atoms with E-state index in [0.29, 0.717) is 27.6 Å². The number of sulfonamides is 1. The molecule has 0 bridgehead atoms. The van der Waals surface area contributed by atoms with Gasteiger partial charge >= 0.3 is 6.09 Å². The number of alkyl carbamates (subject to hydrolysis) is 1. The number of aromatic nitrogens is 1. The fourth-order valence-electron chi connectivity index (χ4n) is 3.86. The maximum absolute atomic E-state index is 12.9. The zero-order valence-corrected chi connectivity index (χ0v) is 27.4. The molecule has 0 saturated carbocycles. The van der Waals surface area contributed by atoms with Crippen LogP contribution < -0.4 is 14.9 Å². The van der Waals surface area contributed by atoms with Crippen molar-refractivity contribution in [1.82, 2.24) is 15.0 Å². The Bertz CT molecular complexity index is 1490. The van der Waals surface area contributed by atoms with Crippen molar-refractivity contribution in [3.8, 4) is 11.3 Å². The smallest absolute Gasteiger partial charge is 0.408 e. The second-order valence-corrected chi connectivity index (χ2v) is 14.8. The third kappa shape index (κ3) is 10.8. The molecule has 1 aromatic heterocycles. The first-order valence-electron chi connectivity index (χ1n) is 13.4. The number of hydrogen-bond acceptors (Lipinski definition) is 8. The van der Waals surface area contributed by atoms with Crippen LogP contribution in [0.5, 0.6) is 0 Å². The zero-order chi connectivity index (χ0) is 31.1. The number of amides is 2. The molecule has 9 nitrogen and oxygen atoms in total. The molecule has 42 heavy (non-hydrogen) atoms. The number of halogens is 2. The lowest BCUT2D eigenvalue weighted by molar-refractivity contribution is -0.118. The number of hydrogen-bond donors (Lipinski definition) is 2. The number of rotatable bonds is 12. The zero-order valence-electron chi connectivity index (χ0n) is 24.2. The first-order valence-corrected chi connectivity index (χ1v) is 16.6. The Balaban J connectivity index is 1.82. The summed E-state index contributed by atoms with van der Waals surface area (Å²) in [6.07, 6.45) is -0.0475. The van der Waals surface area contributed by atoms with Crippen molar-refractivity contribution in [2.45, 2.75) is 53.2 Å². The van der Waals surface area contributed by atoms with Gasteiger partial charge in [-0.05, 0) is 50.8 Å². The second-order valence-electron chi connectivity index (χ2n) is 11.1. The molecule has 1 heterocycles. The van der Waals surface area contributed by atoms with Crippen LogP contribution in [0, 0.1) is 5.92 Å². The third-order valence-electron chi connectivity index (χ3n) is 5.65. The van der Waals surface area contributed by atoms with E-state index >= 15 is 0 Å². The van der Waals surface area contributed by atoms with Gasteiger partial charge in [-0.1, -0.05) is 73.4 Å². The fourth-order valence-corrected chi connectivity index (χ4v) is 6.46. The topological polar surface area (TPSA) is 118 Å². The maximum atomic E-state index is 12.9. The van der Waals surface area contributed by atoms with Gasteiger partial charge in [-0.15, -0.1) is 11.3 Å². The Morgan fingerprint density at radius 3 is 2.38 bits per heavy atom. The molecule has 3 aromatic rings. The van der Waals surface area contributed by atoms with Gasteiger partial charge in [-0.25, -0.2) is 18.2 Å². The summed E-state index contributed by atoms with van der Waals surface area (Å²) in [6, 6.07) is 15.0. The van der Waals surface area contributed by atoms with Crippen molar-refractivity contribution in [3.05, 3.63) is 69.0 Å². The molecule has 0 saturated heterocycles. The predicted molar refractivity (Wildman–Crippen MR) is 170 cm³/mol. The van der Waals surface area contributed by atoms with E-state index in [1.807, 2.05) is 46.0 Å². The van der Waals surface area contributed by atoms with Gasteiger partial charge < -0.3 is 15.0 Å². The molecule has 2 amide bonds. The summed E-state index contributed by atoms with van der Waals surface area (Å²) in [7, 11) is -4.03. The van der Waals surface area contributed by atoms with Crippen molar-refractivity contribution in [2.75, 3.05) is 23.7 Å². The number of ether oxygens (including phenoxy) is 1. The number of benzene rings is 2. The van der Waals surface area contributed by atoms with Gasteiger partial charge in [0.1, 0.15) is 12.1 Å². The summed E-state index contributed by atoms with van der Waals surface area (Å²) >= 11 is 14.0. The summed E-state index contributed by atoms with van der Waals surface area (Å²) < 4.78 is 32.8. The summed E-state index contributed by atoms with van der Waals surface area (Å²) in [4.78, 5) is 32.0. The molecule has 2 N–H and O–H groups in total. The van der Waals surface area contributed by atoms with Crippen LogP contribution >= 0.6 is 34.5 Å². The number of carbonyl (C=O) groups is 2. The summed E-state index contributed by atoms with van der Waals surface area (Å²) in [5.74, 6) is -0.891. The lowest BCUT2D eigenvalue weighted by Crippen LogP contribution is -2.43. The number of nitrogens with one attached hydrogen (secondary N) is 2. The number of thiazole rings is 1. The molecule has 0 aliphatic carbocycles. The number of nitrogens with zero attached hydrogens (tertiary/aromatic N) is 2. The Hall–Kier alpha value is -2.86. The Morgan fingerprint density at radius 2 is 1.76 bits per heavy atom. The molecule has 0 spiro atoms. The molecule has 2 aromatic carbocycles. The summed E-state index contributed by atoms with van der Waals surface area (Å²) in [5, 5.41) is 3.77. The van der Waals surface area contributed by atoms with Crippen LogP contribution in [-0.2, 0) is 32.5 Å². The van der Waals surface area contributed by atoms with Crippen LogP contribution in [0.1, 0.15) is 45.1 Å². The first kappa shape index (κ1) is 33.6. The van der Waals surface area contributed by atoms with E-state index < -0.39 is 34.2 Å². The quantitative estimate of drug-likeness (QED) is 0.236. The second kappa shape index (κ2) is 14.5. The summed E-state index contributed by atoms with van der Waals surface area (Å²) in [5.41, 5.74) is 1.81. The maximum Gasteiger partial charge on any atom is 0.408 e. The van der Waals surface area contributed by atoms with Crippen LogP contribution in [0.25, 0.3) is 11.3 Å². The molecular formula is C29H36Cl2N4O5S2. The SMILES string of the molecule is CC(C)Cc1sc(N(CCS(=O)(=O)NC(=O)CNC(=O)OC(C)(C)C)Cc2ccccc2)nc1-c1ccc(Cl)c(Cl)c1. The Labute approximate surface area is 261 Å². The van der Waals surface area contributed by atoms with Crippen LogP contribution in [-0.4, -0.2) is 49.8 Å². The van der Waals surface area contributed by atoms with E-state index in [0.717, 1.165) is 28.1 Å². The molecule has 0 radical (unpaired) electrons. The van der Waals surface area contributed by atoms with Gasteiger partial charge in [0.05, 0.1) is 21.5 Å². The van der Waals surface area contributed by atoms with Crippen LogP contribution in [0.2, 0.25) is 10.0 Å². The highest BCUT2D eigenvalue weighted by Crippen LogP contribution is 2.37. The minimum atomic E-state index is -4.03. The number of carbonyl (C=O) groups excluding carboxylic acids is 2. The van der Waals surface area contributed by atoms with Crippen LogP contribution in [0.3, 0.4) is 0 Å². The van der Waals surface area contributed by atoms with Crippen molar-refractivity contribution >= 4 is 61.7 Å². The highest BCUT2D eigenvalue weighted by molar-refractivity contribution is 7.90. The highest BCUT2D eigenvalue weighted by Gasteiger charge is 2.23. The van der Waals surface area contributed by atoms with Crippen molar-refractivity contribution < 1.29 is 22.7 Å². The molecule has 0 aliphatic rings. The third-order valence-corrected chi connectivity index (χ3v) is 8.79. The largest absolute Gasteiger partial charge is 0.444 e. The van der Waals surface area contributed by atoms with Crippen molar-refractivity contribution in [1.29, 1.82) is 0 Å². The molecule has 0 fully saturated rings. The first-order chi connectivity index (χ1) is 19.6. The molecule has 3 rings (SSSR count). The number of anilines is 1. The van der Waals surface area contributed by atoms with Crippen LogP contribution in [0.4, 0.5) is 9.93 Å². The average molecular weight is 656 g/mol. The lowest BCUT2D eigenvalue weighted by atomic mass is 10.0. The molecule has 0 aliphatic heterocycles. The summed E-state index contributed by atoms with van der Waals surface area (Å²) in [6.45, 7) is 9.20.